The Labute approximate surface area is 135 Å². The zero-order chi connectivity index (χ0) is 16.3. The number of carbonyl (C=O) groups is 2. The molecule has 0 fully saturated rings. The molecular formula is C17H20ClNO3. The van der Waals surface area contributed by atoms with Crippen LogP contribution in [-0.4, -0.2) is 36.0 Å². The predicted octanol–water partition coefficient (Wildman–Crippen LogP) is 3.13. The van der Waals surface area contributed by atoms with Gasteiger partial charge in [0.25, 0.3) is 11.8 Å². The van der Waals surface area contributed by atoms with Crippen molar-refractivity contribution in [3.63, 3.8) is 0 Å². The van der Waals surface area contributed by atoms with Gasteiger partial charge in [-0.25, -0.2) is 0 Å². The Bertz CT molecular complexity index is 605. The second-order valence-corrected chi connectivity index (χ2v) is 5.97. The number of imide groups is 1. The molecule has 0 saturated carbocycles. The van der Waals surface area contributed by atoms with E-state index in [4.69, 9.17) is 16.3 Å². The van der Waals surface area contributed by atoms with Crippen molar-refractivity contribution in [1.82, 2.24) is 4.90 Å². The van der Waals surface area contributed by atoms with Gasteiger partial charge >= 0.3 is 0 Å². The number of hydrogen-bond donors (Lipinski definition) is 0. The second-order valence-electron chi connectivity index (χ2n) is 5.59. The van der Waals surface area contributed by atoms with Crippen molar-refractivity contribution in [1.29, 1.82) is 0 Å². The fraction of sp³-hybridized carbons (Fsp3) is 0.412. The molecule has 0 spiro atoms. The molecule has 1 aliphatic heterocycles. The molecule has 4 nitrogen and oxygen atoms in total. The first-order chi connectivity index (χ1) is 10.4. The zero-order valence-corrected chi connectivity index (χ0v) is 13.8. The summed E-state index contributed by atoms with van der Waals surface area (Å²) in [4.78, 5) is 25.8. The summed E-state index contributed by atoms with van der Waals surface area (Å²) < 4.78 is 5.43. The van der Waals surface area contributed by atoms with Crippen LogP contribution in [0.25, 0.3) is 5.57 Å². The van der Waals surface area contributed by atoms with E-state index < -0.39 is 5.91 Å². The Kier molecular flexibility index (Phi) is 5.37. The van der Waals surface area contributed by atoms with Crippen LogP contribution in [0, 0.1) is 6.92 Å². The summed E-state index contributed by atoms with van der Waals surface area (Å²) in [6, 6.07) is 7.40. The van der Waals surface area contributed by atoms with E-state index >= 15 is 0 Å². The van der Waals surface area contributed by atoms with Crippen LogP contribution in [0.4, 0.5) is 0 Å². The molecule has 0 bridgehead atoms. The molecule has 0 atom stereocenters. The number of ether oxygens (including phenoxy) is 1. The van der Waals surface area contributed by atoms with Crippen LogP contribution in [0.1, 0.15) is 31.4 Å². The van der Waals surface area contributed by atoms with E-state index in [-0.39, 0.29) is 22.6 Å². The van der Waals surface area contributed by atoms with E-state index in [0.29, 0.717) is 25.1 Å². The SMILES string of the molecule is Cc1ccc(C2=C(Cl)C(=O)N(CCCOC(C)C)C2=O)cc1. The van der Waals surface area contributed by atoms with Crippen LogP contribution in [0.15, 0.2) is 29.3 Å². The summed E-state index contributed by atoms with van der Waals surface area (Å²) in [5, 5.41) is -0.00127. The largest absolute Gasteiger partial charge is 0.379 e. The van der Waals surface area contributed by atoms with Crippen molar-refractivity contribution in [2.24, 2.45) is 0 Å². The third-order valence-corrected chi connectivity index (χ3v) is 3.78. The maximum absolute atomic E-state index is 12.5. The van der Waals surface area contributed by atoms with Crippen LogP contribution in [-0.2, 0) is 14.3 Å². The van der Waals surface area contributed by atoms with Crippen molar-refractivity contribution < 1.29 is 14.3 Å². The van der Waals surface area contributed by atoms with Crippen molar-refractivity contribution in [2.75, 3.05) is 13.2 Å². The lowest BCUT2D eigenvalue weighted by molar-refractivity contribution is -0.136. The molecular weight excluding hydrogens is 302 g/mol. The molecule has 0 unspecified atom stereocenters. The van der Waals surface area contributed by atoms with Gasteiger partial charge in [-0.1, -0.05) is 41.4 Å². The molecule has 22 heavy (non-hydrogen) atoms. The molecule has 1 aromatic rings. The van der Waals surface area contributed by atoms with Crippen molar-refractivity contribution in [2.45, 2.75) is 33.3 Å². The quantitative estimate of drug-likeness (QED) is 0.597. The standard InChI is InChI=1S/C17H20ClNO3/c1-11(2)22-10-4-9-19-16(20)14(15(18)17(19)21)13-7-5-12(3)6-8-13/h5-8,11H,4,9-10H2,1-3H3. The molecule has 118 valence electrons. The summed E-state index contributed by atoms with van der Waals surface area (Å²) in [5.74, 6) is -0.754. The highest BCUT2D eigenvalue weighted by Gasteiger charge is 2.37. The molecule has 0 N–H and O–H groups in total. The molecule has 1 heterocycles. The average Bonchev–Trinajstić information content (AvgIpc) is 2.68. The first kappa shape index (κ1) is 16.7. The van der Waals surface area contributed by atoms with Crippen LogP contribution < -0.4 is 0 Å². The molecule has 5 heteroatoms. The monoisotopic (exact) mass is 321 g/mol. The number of rotatable bonds is 6. The minimum absolute atomic E-state index is 0.00127. The third-order valence-electron chi connectivity index (χ3n) is 3.43. The molecule has 0 aliphatic carbocycles. The Morgan fingerprint density at radius 2 is 1.77 bits per heavy atom. The fourth-order valence-electron chi connectivity index (χ4n) is 2.26. The number of hydrogen-bond acceptors (Lipinski definition) is 3. The van der Waals surface area contributed by atoms with Crippen LogP contribution in [0.3, 0.4) is 0 Å². The molecule has 2 amide bonds. The van der Waals surface area contributed by atoms with Gasteiger partial charge in [0, 0.05) is 13.2 Å². The summed E-state index contributed by atoms with van der Waals surface area (Å²) >= 11 is 6.09. The number of benzene rings is 1. The number of nitrogens with zero attached hydrogens (tertiary/aromatic N) is 1. The Morgan fingerprint density at radius 3 is 2.36 bits per heavy atom. The van der Waals surface area contributed by atoms with Gasteiger partial charge < -0.3 is 4.74 Å². The van der Waals surface area contributed by atoms with Crippen molar-refractivity contribution in [3.8, 4) is 0 Å². The van der Waals surface area contributed by atoms with Gasteiger partial charge in [0.2, 0.25) is 0 Å². The molecule has 0 aromatic heterocycles. The van der Waals surface area contributed by atoms with Gasteiger partial charge in [-0.05, 0) is 32.8 Å². The zero-order valence-electron chi connectivity index (χ0n) is 13.1. The second kappa shape index (κ2) is 7.07. The van der Waals surface area contributed by atoms with Gasteiger partial charge in [-0.2, -0.15) is 0 Å². The Morgan fingerprint density at radius 1 is 1.14 bits per heavy atom. The number of aryl methyl sites for hydroxylation is 1. The Balaban J connectivity index is 2.08. The first-order valence-corrected chi connectivity index (χ1v) is 7.74. The summed E-state index contributed by atoms with van der Waals surface area (Å²) in [6.45, 7) is 6.67. The fourth-order valence-corrected chi connectivity index (χ4v) is 2.55. The van der Waals surface area contributed by atoms with E-state index in [2.05, 4.69) is 0 Å². The highest BCUT2D eigenvalue weighted by molar-refractivity contribution is 6.55. The van der Waals surface area contributed by atoms with Crippen LogP contribution in [0.5, 0.6) is 0 Å². The molecule has 0 radical (unpaired) electrons. The number of halogens is 1. The van der Waals surface area contributed by atoms with Gasteiger partial charge in [-0.3, -0.25) is 14.5 Å². The first-order valence-electron chi connectivity index (χ1n) is 7.36. The summed E-state index contributed by atoms with van der Waals surface area (Å²) in [5.41, 5.74) is 2.05. The normalized spacial score (nSPS) is 15.4. The van der Waals surface area contributed by atoms with E-state index in [1.165, 1.54) is 4.90 Å². The molecule has 1 aromatic carbocycles. The smallest absolute Gasteiger partial charge is 0.273 e. The molecule has 0 saturated heterocycles. The maximum atomic E-state index is 12.5. The van der Waals surface area contributed by atoms with Gasteiger partial charge in [-0.15, -0.1) is 0 Å². The van der Waals surface area contributed by atoms with Gasteiger partial charge in [0.15, 0.2) is 0 Å². The van der Waals surface area contributed by atoms with Gasteiger partial charge in [0.05, 0.1) is 11.7 Å². The van der Waals surface area contributed by atoms with E-state index in [1.54, 1.807) is 0 Å². The van der Waals surface area contributed by atoms with Crippen LogP contribution in [0.2, 0.25) is 0 Å². The van der Waals surface area contributed by atoms with E-state index in [9.17, 15) is 9.59 Å². The predicted molar refractivity (Wildman–Crippen MR) is 86.4 cm³/mol. The highest BCUT2D eigenvalue weighted by atomic mass is 35.5. The summed E-state index contributed by atoms with van der Waals surface area (Å²) in [7, 11) is 0. The topological polar surface area (TPSA) is 46.6 Å². The lowest BCUT2D eigenvalue weighted by Gasteiger charge is -2.15. The van der Waals surface area contributed by atoms with Gasteiger partial charge in [0.1, 0.15) is 5.03 Å². The van der Waals surface area contributed by atoms with E-state index in [0.717, 1.165) is 5.56 Å². The highest BCUT2D eigenvalue weighted by Crippen LogP contribution is 2.31. The lowest BCUT2D eigenvalue weighted by atomic mass is 10.0. The van der Waals surface area contributed by atoms with E-state index in [1.807, 2.05) is 45.0 Å². The number of amides is 2. The Hall–Kier alpha value is -1.65. The minimum atomic E-state index is -0.424. The average molecular weight is 322 g/mol. The van der Waals surface area contributed by atoms with Crippen molar-refractivity contribution in [3.05, 3.63) is 40.4 Å². The molecule has 2 rings (SSSR count). The van der Waals surface area contributed by atoms with Crippen molar-refractivity contribution >= 4 is 29.0 Å². The maximum Gasteiger partial charge on any atom is 0.273 e. The summed E-state index contributed by atoms with van der Waals surface area (Å²) in [6.07, 6.45) is 0.732. The third kappa shape index (κ3) is 3.57. The minimum Gasteiger partial charge on any atom is -0.379 e. The van der Waals surface area contributed by atoms with Crippen LogP contribution >= 0.6 is 11.6 Å². The molecule has 1 aliphatic rings. The number of carbonyl (C=O) groups excluding carboxylic acids is 2. The lowest BCUT2D eigenvalue weighted by Crippen LogP contribution is -2.33.